The van der Waals surface area contributed by atoms with Crippen LogP contribution in [0.3, 0.4) is 0 Å². The van der Waals surface area contributed by atoms with Crippen LogP contribution in [0.5, 0.6) is 0 Å². The topological polar surface area (TPSA) is 113 Å². The van der Waals surface area contributed by atoms with E-state index in [4.69, 9.17) is 16.3 Å². The van der Waals surface area contributed by atoms with Crippen molar-refractivity contribution in [2.45, 2.75) is 19.1 Å². The Hall–Kier alpha value is -2.89. The van der Waals surface area contributed by atoms with Crippen LogP contribution in [0.15, 0.2) is 17.4 Å². The second-order valence-corrected chi connectivity index (χ2v) is 6.52. The van der Waals surface area contributed by atoms with Gasteiger partial charge in [-0.05, 0) is 13.0 Å². The molecular formula is C16H15ClF3N5O4. The minimum absolute atomic E-state index is 0.0130. The second kappa shape index (κ2) is 7.85. The van der Waals surface area contributed by atoms with E-state index in [0.29, 0.717) is 6.20 Å². The number of aromatic nitrogens is 1. The molecule has 13 heteroatoms. The monoisotopic (exact) mass is 433 g/mol. The maximum Gasteiger partial charge on any atom is 0.417 e. The molecule has 0 saturated carbocycles. The third kappa shape index (κ3) is 3.97. The number of rotatable bonds is 6. The van der Waals surface area contributed by atoms with E-state index in [1.54, 1.807) is 6.92 Å². The summed E-state index contributed by atoms with van der Waals surface area (Å²) in [6, 6.07) is -0.269. The molecule has 1 aromatic heterocycles. The summed E-state index contributed by atoms with van der Waals surface area (Å²) in [5, 5.41) is 6.16. The molecule has 1 aromatic rings. The lowest BCUT2D eigenvalue weighted by Gasteiger charge is -2.17. The van der Waals surface area contributed by atoms with Crippen molar-refractivity contribution in [1.82, 2.24) is 15.3 Å². The number of nitrogens with zero attached hydrogens (tertiary/aromatic N) is 3. The Kier molecular flexibility index (Phi) is 5.64. The van der Waals surface area contributed by atoms with Gasteiger partial charge in [-0.3, -0.25) is 19.9 Å². The summed E-state index contributed by atoms with van der Waals surface area (Å²) in [4.78, 5) is 41.4. The molecule has 29 heavy (non-hydrogen) atoms. The number of imide groups is 1. The lowest BCUT2D eigenvalue weighted by atomic mass is 9.99. The predicted molar refractivity (Wildman–Crippen MR) is 93.9 cm³/mol. The van der Waals surface area contributed by atoms with E-state index >= 15 is 0 Å². The summed E-state index contributed by atoms with van der Waals surface area (Å²) in [5.41, 5.74) is 1.30. The Morgan fingerprint density at radius 1 is 1.38 bits per heavy atom. The van der Waals surface area contributed by atoms with Gasteiger partial charge in [-0.1, -0.05) is 11.6 Å². The molecule has 2 aliphatic heterocycles. The maximum atomic E-state index is 12.6. The van der Waals surface area contributed by atoms with E-state index < -0.39 is 41.5 Å². The number of carbonyl (C=O) groups excluding carboxylic acids is 3. The first-order chi connectivity index (χ1) is 13.6. The largest absolute Gasteiger partial charge is 0.461 e. The molecule has 1 saturated heterocycles. The fraction of sp³-hybridized carbons (Fsp3) is 0.438. The van der Waals surface area contributed by atoms with Crippen LogP contribution >= 0.6 is 11.6 Å². The zero-order valence-electron chi connectivity index (χ0n) is 14.9. The van der Waals surface area contributed by atoms with Gasteiger partial charge >= 0.3 is 12.1 Å². The molecule has 1 fully saturated rings. The summed E-state index contributed by atoms with van der Waals surface area (Å²) in [7, 11) is 0. The zero-order chi connectivity index (χ0) is 21.3. The molecule has 0 unspecified atom stereocenters. The van der Waals surface area contributed by atoms with Crippen molar-refractivity contribution < 1.29 is 32.3 Å². The quantitative estimate of drug-likeness (QED) is 0.509. The number of hydrogen-bond acceptors (Lipinski definition) is 8. The molecule has 9 nitrogen and oxygen atoms in total. The molecule has 0 spiro atoms. The van der Waals surface area contributed by atoms with Crippen LogP contribution in [0.25, 0.3) is 0 Å². The van der Waals surface area contributed by atoms with Crippen LogP contribution in [-0.4, -0.2) is 59.1 Å². The molecule has 2 amide bonds. The van der Waals surface area contributed by atoms with E-state index in [2.05, 4.69) is 20.8 Å². The second-order valence-electron chi connectivity index (χ2n) is 6.11. The number of hydrogen-bond donors (Lipinski definition) is 2. The van der Waals surface area contributed by atoms with Gasteiger partial charge in [0.05, 0.1) is 17.2 Å². The number of ether oxygens (including phenoxy) is 1. The van der Waals surface area contributed by atoms with Gasteiger partial charge in [0.1, 0.15) is 17.8 Å². The summed E-state index contributed by atoms with van der Waals surface area (Å²) in [5.74, 6) is -3.07. The maximum absolute atomic E-state index is 12.6. The first kappa shape index (κ1) is 20.8. The van der Waals surface area contributed by atoms with Gasteiger partial charge in [0.15, 0.2) is 5.71 Å². The number of esters is 1. The average Bonchev–Trinajstić information content (AvgIpc) is 3.18. The Morgan fingerprint density at radius 3 is 2.72 bits per heavy atom. The molecule has 2 aliphatic rings. The Morgan fingerprint density at radius 2 is 2.10 bits per heavy atom. The van der Waals surface area contributed by atoms with Gasteiger partial charge in [-0.2, -0.15) is 18.3 Å². The number of pyridine rings is 1. The molecule has 3 rings (SSSR count). The van der Waals surface area contributed by atoms with Crippen LogP contribution in [-0.2, 0) is 25.3 Å². The highest BCUT2D eigenvalue weighted by Crippen LogP contribution is 2.32. The van der Waals surface area contributed by atoms with Crippen LogP contribution in [0, 0.1) is 5.92 Å². The van der Waals surface area contributed by atoms with Gasteiger partial charge in [0.2, 0.25) is 5.91 Å². The average molecular weight is 434 g/mol. The fourth-order valence-electron chi connectivity index (χ4n) is 2.95. The highest BCUT2D eigenvalue weighted by atomic mass is 35.5. The number of fused-ring (bicyclic) bond motifs is 1. The molecule has 156 valence electrons. The normalized spacial score (nSPS) is 21.0. The van der Waals surface area contributed by atoms with Crippen molar-refractivity contribution in [3.8, 4) is 0 Å². The van der Waals surface area contributed by atoms with Crippen molar-refractivity contribution in [2.75, 3.05) is 25.0 Å². The molecule has 3 heterocycles. The van der Waals surface area contributed by atoms with E-state index in [-0.39, 0.29) is 36.2 Å². The number of alkyl halides is 3. The number of carbonyl (C=O) groups is 3. The number of nitrogens with one attached hydrogen (secondary N) is 2. The highest BCUT2D eigenvalue weighted by Gasteiger charge is 2.55. The fourth-order valence-corrected chi connectivity index (χ4v) is 3.18. The molecule has 0 aliphatic carbocycles. The van der Waals surface area contributed by atoms with Gasteiger partial charge in [-0.25, -0.2) is 9.78 Å². The van der Waals surface area contributed by atoms with Gasteiger partial charge in [0.25, 0.3) is 5.91 Å². The Labute approximate surface area is 167 Å². The van der Waals surface area contributed by atoms with Crippen molar-refractivity contribution in [3.05, 3.63) is 22.8 Å². The minimum Gasteiger partial charge on any atom is -0.461 e. The first-order valence-electron chi connectivity index (χ1n) is 8.47. The third-order valence-electron chi connectivity index (χ3n) is 4.30. The third-order valence-corrected chi connectivity index (χ3v) is 4.59. The van der Waals surface area contributed by atoms with Crippen LogP contribution < -0.4 is 10.7 Å². The Balaban J connectivity index is 1.62. The summed E-state index contributed by atoms with van der Waals surface area (Å²) < 4.78 is 42.8. The number of amides is 2. The molecule has 0 radical (unpaired) electrons. The summed E-state index contributed by atoms with van der Waals surface area (Å²) in [6.07, 6.45) is -3.96. The van der Waals surface area contributed by atoms with E-state index in [9.17, 15) is 27.6 Å². The van der Waals surface area contributed by atoms with E-state index in [1.807, 2.05) is 0 Å². The highest BCUT2D eigenvalue weighted by molar-refractivity contribution is 6.44. The van der Waals surface area contributed by atoms with Crippen LogP contribution in [0.1, 0.15) is 12.5 Å². The zero-order valence-corrected chi connectivity index (χ0v) is 15.7. The summed E-state index contributed by atoms with van der Waals surface area (Å²) in [6.45, 7) is 1.56. The minimum atomic E-state index is -4.58. The SMILES string of the molecule is CCOC(=O)C1=NN[C@H]2C(=O)N(CCNc3ncc(C(F)(F)F)cc3Cl)C(=O)[C@H]12. The van der Waals surface area contributed by atoms with Crippen molar-refractivity contribution in [2.24, 2.45) is 11.0 Å². The summed E-state index contributed by atoms with van der Waals surface area (Å²) >= 11 is 5.80. The van der Waals surface area contributed by atoms with Crippen molar-refractivity contribution in [1.29, 1.82) is 0 Å². The van der Waals surface area contributed by atoms with Gasteiger partial charge < -0.3 is 10.1 Å². The number of likely N-dealkylation sites (tertiary alicyclic amines) is 1. The van der Waals surface area contributed by atoms with Crippen molar-refractivity contribution in [3.63, 3.8) is 0 Å². The molecule has 0 bridgehead atoms. The molecule has 0 aromatic carbocycles. The van der Waals surface area contributed by atoms with Crippen molar-refractivity contribution >= 4 is 40.9 Å². The molecule has 2 N–H and O–H groups in total. The molecular weight excluding hydrogens is 419 g/mol. The van der Waals surface area contributed by atoms with E-state index in [0.717, 1.165) is 11.0 Å². The van der Waals surface area contributed by atoms with Crippen LogP contribution in [0.4, 0.5) is 19.0 Å². The van der Waals surface area contributed by atoms with Gasteiger partial charge in [0, 0.05) is 19.3 Å². The standard InChI is InChI=1S/C16H15ClF3N5O4/c1-2-29-15(28)11-9-10(23-24-11)14(27)25(13(9)26)4-3-21-12-8(17)5-7(6-22-12)16(18,19)20/h5-6,9-10,23H,2-4H2,1H3,(H,21,22)/t9-,10+/m0/s1. The first-order valence-corrected chi connectivity index (χ1v) is 8.85. The smallest absolute Gasteiger partial charge is 0.417 e. The predicted octanol–water partition coefficient (Wildman–Crippen LogP) is 1.04. The Bertz CT molecular complexity index is 892. The lowest BCUT2D eigenvalue weighted by Crippen LogP contribution is -2.39. The van der Waals surface area contributed by atoms with E-state index in [1.165, 1.54) is 0 Å². The number of anilines is 1. The molecule has 2 atom stereocenters. The lowest BCUT2D eigenvalue weighted by molar-refractivity contribution is -0.140. The number of halogens is 4. The van der Waals surface area contributed by atoms with Gasteiger partial charge in [-0.15, -0.1) is 0 Å². The number of hydrazone groups is 1. The van der Waals surface area contributed by atoms with Crippen LogP contribution in [0.2, 0.25) is 5.02 Å².